The average molecular weight is 222 g/mol. The van der Waals surface area contributed by atoms with Crippen LogP contribution in [0, 0.1) is 5.92 Å². The van der Waals surface area contributed by atoms with Crippen molar-refractivity contribution >= 4 is 0 Å². The molecule has 1 N–H and O–H groups in total. The Kier molecular flexibility index (Phi) is 3.62. The van der Waals surface area contributed by atoms with E-state index in [1.54, 1.807) is 13.3 Å². The highest BCUT2D eigenvalue weighted by molar-refractivity contribution is 5.23. The molecule has 88 valence electrons. The summed E-state index contributed by atoms with van der Waals surface area (Å²) >= 11 is 0. The van der Waals surface area contributed by atoms with Crippen LogP contribution in [0.2, 0.25) is 0 Å². The third kappa shape index (κ3) is 2.64. The Morgan fingerprint density at radius 2 is 2.31 bits per heavy atom. The van der Waals surface area contributed by atoms with Crippen molar-refractivity contribution < 1.29 is 9.47 Å². The van der Waals surface area contributed by atoms with Gasteiger partial charge in [0.25, 0.3) is 0 Å². The minimum absolute atomic E-state index is 0.288. The summed E-state index contributed by atoms with van der Waals surface area (Å²) in [7, 11) is 1.61. The molecule has 0 aromatic carbocycles. The number of ether oxygens (including phenoxy) is 2. The lowest BCUT2D eigenvalue weighted by molar-refractivity contribution is 0.111. The molecule has 1 aliphatic rings. The molecule has 2 rings (SSSR count). The van der Waals surface area contributed by atoms with Crippen molar-refractivity contribution in [1.29, 1.82) is 0 Å². The van der Waals surface area contributed by atoms with Gasteiger partial charge in [0, 0.05) is 18.5 Å². The van der Waals surface area contributed by atoms with E-state index in [1.165, 1.54) is 0 Å². The molecule has 4 nitrogen and oxygen atoms in total. The maximum absolute atomic E-state index is 5.91. The van der Waals surface area contributed by atoms with Gasteiger partial charge < -0.3 is 14.8 Å². The topological polar surface area (TPSA) is 43.4 Å². The number of pyridine rings is 1. The third-order valence-electron chi connectivity index (χ3n) is 2.91. The third-order valence-corrected chi connectivity index (χ3v) is 2.91. The molecule has 4 heteroatoms. The lowest BCUT2D eigenvalue weighted by atomic mass is 9.98. The number of hydrogen-bond acceptors (Lipinski definition) is 4. The Bertz CT molecular complexity index is 326. The van der Waals surface area contributed by atoms with E-state index in [-0.39, 0.29) is 6.10 Å². The molecule has 1 fully saturated rings. The fourth-order valence-corrected chi connectivity index (χ4v) is 1.90. The molecule has 0 unspecified atom stereocenters. The van der Waals surface area contributed by atoms with E-state index in [9.17, 15) is 0 Å². The van der Waals surface area contributed by atoms with Crippen LogP contribution >= 0.6 is 0 Å². The largest absolute Gasteiger partial charge is 0.488 e. The summed E-state index contributed by atoms with van der Waals surface area (Å²) in [6.45, 7) is 4.25. The molecule has 0 bridgehead atoms. The van der Waals surface area contributed by atoms with E-state index in [2.05, 4.69) is 17.2 Å². The Hall–Kier alpha value is -1.29. The maximum atomic E-state index is 5.91. The van der Waals surface area contributed by atoms with Gasteiger partial charge in [-0.1, -0.05) is 6.92 Å². The van der Waals surface area contributed by atoms with Gasteiger partial charge in [0.15, 0.2) is 0 Å². The highest BCUT2D eigenvalue weighted by Gasteiger charge is 2.22. The van der Waals surface area contributed by atoms with Gasteiger partial charge in [0.1, 0.15) is 11.9 Å². The molecule has 0 saturated carbocycles. The van der Waals surface area contributed by atoms with Crippen molar-refractivity contribution in [3.63, 3.8) is 0 Å². The van der Waals surface area contributed by atoms with Gasteiger partial charge in [-0.3, -0.25) is 0 Å². The Morgan fingerprint density at radius 1 is 1.44 bits per heavy atom. The van der Waals surface area contributed by atoms with Crippen LogP contribution in [0.15, 0.2) is 18.3 Å². The van der Waals surface area contributed by atoms with Gasteiger partial charge in [0.2, 0.25) is 5.88 Å². The molecule has 0 spiro atoms. The molecule has 0 aliphatic carbocycles. The van der Waals surface area contributed by atoms with Crippen LogP contribution in [-0.4, -0.2) is 31.3 Å². The molecule has 1 aromatic rings. The van der Waals surface area contributed by atoms with Crippen LogP contribution in [0.5, 0.6) is 11.6 Å². The molecule has 1 saturated heterocycles. The molecule has 2 atom stereocenters. The summed E-state index contributed by atoms with van der Waals surface area (Å²) < 4.78 is 10.9. The molecule has 1 aromatic heterocycles. The van der Waals surface area contributed by atoms with Crippen LogP contribution in [0.25, 0.3) is 0 Å². The Labute approximate surface area is 96.0 Å². The van der Waals surface area contributed by atoms with E-state index < -0.39 is 0 Å². The molecular weight excluding hydrogens is 204 g/mol. The first kappa shape index (κ1) is 11.2. The number of piperidine rings is 1. The Morgan fingerprint density at radius 3 is 2.94 bits per heavy atom. The van der Waals surface area contributed by atoms with Gasteiger partial charge >= 0.3 is 0 Å². The summed E-state index contributed by atoms with van der Waals surface area (Å²) in [6.07, 6.45) is 3.05. The maximum Gasteiger partial charge on any atom is 0.213 e. The van der Waals surface area contributed by atoms with Crippen molar-refractivity contribution in [2.45, 2.75) is 19.4 Å². The zero-order valence-corrected chi connectivity index (χ0v) is 9.77. The van der Waals surface area contributed by atoms with E-state index in [0.717, 1.165) is 25.3 Å². The van der Waals surface area contributed by atoms with Gasteiger partial charge in [-0.05, 0) is 19.0 Å². The number of aromatic nitrogens is 1. The standard InChI is InChI=1S/C12H18N2O2/c1-9-7-13-6-5-11(9)16-10-3-4-12(15-2)14-8-10/h3-4,8-9,11,13H,5-7H2,1-2H3/t9-,11-/m0/s1. The highest BCUT2D eigenvalue weighted by atomic mass is 16.5. The van der Waals surface area contributed by atoms with Gasteiger partial charge in [0.05, 0.1) is 13.3 Å². The van der Waals surface area contributed by atoms with E-state index in [0.29, 0.717) is 11.8 Å². The number of nitrogens with zero attached hydrogens (tertiary/aromatic N) is 1. The fraction of sp³-hybridized carbons (Fsp3) is 0.583. The fourth-order valence-electron chi connectivity index (χ4n) is 1.90. The number of methoxy groups -OCH3 is 1. The number of nitrogens with one attached hydrogen (secondary N) is 1. The quantitative estimate of drug-likeness (QED) is 0.841. The summed E-state index contributed by atoms with van der Waals surface area (Å²) in [5, 5.41) is 3.35. The van der Waals surface area contributed by atoms with Gasteiger partial charge in [-0.15, -0.1) is 0 Å². The van der Waals surface area contributed by atoms with E-state index >= 15 is 0 Å². The van der Waals surface area contributed by atoms with Crippen molar-refractivity contribution in [1.82, 2.24) is 10.3 Å². The van der Waals surface area contributed by atoms with Gasteiger partial charge in [-0.25, -0.2) is 4.98 Å². The first-order chi connectivity index (χ1) is 7.79. The zero-order chi connectivity index (χ0) is 11.4. The molecular formula is C12H18N2O2. The first-order valence-corrected chi connectivity index (χ1v) is 5.67. The van der Waals surface area contributed by atoms with Crippen molar-refractivity contribution in [2.75, 3.05) is 20.2 Å². The summed E-state index contributed by atoms with van der Waals surface area (Å²) in [5.41, 5.74) is 0. The summed E-state index contributed by atoms with van der Waals surface area (Å²) in [4.78, 5) is 4.12. The summed E-state index contributed by atoms with van der Waals surface area (Å²) in [6, 6.07) is 3.72. The number of hydrogen-bond donors (Lipinski definition) is 1. The Balaban J connectivity index is 1.96. The van der Waals surface area contributed by atoms with Crippen molar-refractivity contribution in [2.24, 2.45) is 5.92 Å². The molecule has 1 aliphatic heterocycles. The molecule has 16 heavy (non-hydrogen) atoms. The smallest absolute Gasteiger partial charge is 0.213 e. The monoisotopic (exact) mass is 222 g/mol. The predicted octanol–water partition coefficient (Wildman–Crippen LogP) is 1.47. The van der Waals surface area contributed by atoms with Crippen molar-refractivity contribution in [3.8, 4) is 11.6 Å². The second-order valence-corrected chi connectivity index (χ2v) is 4.16. The first-order valence-electron chi connectivity index (χ1n) is 5.67. The second-order valence-electron chi connectivity index (χ2n) is 4.16. The molecule has 0 amide bonds. The predicted molar refractivity (Wildman–Crippen MR) is 61.9 cm³/mol. The van der Waals surface area contributed by atoms with E-state index in [4.69, 9.17) is 9.47 Å². The zero-order valence-electron chi connectivity index (χ0n) is 9.77. The lowest BCUT2D eigenvalue weighted by Gasteiger charge is -2.29. The molecule has 2 heterocycles. The lowest BCUT2D eigenvalue weighted by Crippen LogP contribution is -2.41. The number of rotatable bonds is 3. The van der Waals surface area contributed by atoms with Crippen LogP contribution in [0.4, 0.5) is 0 Å². The van der Waals surface area contributed by atoms with Gasteiger partial charge in [-0.2, -0.15) is 0 Å². The second kappa shape index (κ2) is 5.16. The highest BCUT2D eigenvalue weighted by Crippen LogP contribution is 2.20. The minimum atomic E-state index is 0.288. The normalized spacial score (nSPS) is 25.1. The molecule has 0 radical (unpaired) electrons. The van der Waals surface area contributed by atoms with Crippen molar-refractivity contribution in [3.05, 3.63) is 18.3 Å². The van der Waals surface area contributed by atoms with Crippen LogP contribution in [-0.2, 0) is 0 Å². The van der Waals surface area contributed by atoms with Crippen LogP contribution < -0.4 is 14.8 Å². The summed E-state index contributed by atoms with van der Waals surface area (Å²) in [5.74, 6) is 1.97. The van der Waals surface area contributed by atoms with E-state index in [1.807, 2.05) is 12.1 Å². The SMILES string of the molecule is COc1ccc(O[C@H]2CCNC[C@@H]2C)cn1. The minimum Gasteiger partial charge on any atom is -0.488 e. The average Bonchev–Trinajstić information content (AvgIpc) is 2.33. The van der Waals surface area contributed by atoms with Crippen LogP contribution in [0.3, 0.4) is 0 Å². The van der Waals surface area contributed by atoms with Crippen LogP contribution in [0.1, 0.15) is 13.3 Å².